The molecule has 0 bridgehead atoms. The normalized spacial score (nSPS) is 22.1. The van der Waals surface area contributed by atoms with E-state index in [1.807, 2.05) is 0 Å². The van der Waals surface area contributed by atoms with Gasteiger partial charge in [0.25, 0.3) is 0 Å². The second-order valence-corrected chi connectivity index (χ2v) is 6.93. The second-order valence-electron chi connectivity index (χ2n) is 2.21. The standard InChI is InChI=1S/C4H8N.C2H5.Sn/c1-2-4-5-3-1;1-2;/h1-4H2;1H2,2H3;/q-1;;+1. The van der Waals surface area contributed by atoms with E-state index in [2.05, 4.69) is 10.0 Å². The second kappa shape index (κ2) is 3.72. The zero-order chi connectivity index (χ0) is 5.82. The van der Waals surface area contributed by atoms with Crippen molar-refractivity contribution < 1.29 is 0 Å². The number of nitrogens with zero attached hydrogens (tertiary/aromatic N) is 1. The summed E-state index contributed by atoms with van der Waals surface area (Å²) >= 11 is -0.0122. The van der Waals surface area contributed by atoms with Crippen molar-refractivity contribution in [3.63, 3.8) is 0 Å². The average molecular weight is 218 g/mol. The number of rotatable bonds is 2. The van der Waals surface area contributed by atoms with Crippen molar-refractivity contribution in [3.05, 3.63) is 0 Å². The molecular weight excluding hydrogens is 205 g/mol. The van der Waals surface area contributed by atoms with E-state index in [1.165, 1.54) is 30.4 Å². The quantitative estimate of drug-likeness (QED) is 0.628. The van der Waals surface area contributed by atoms with Gasteiger partial charge in [0.2, 0.25) is 0 Å². The first-order valence-corrected chi connectivity index (χ1v) is 6.71. The van der Waals surface area contributed by atoms with E-state index < -0.39 is 0 Å². The first-order chi connectivity index (χ1) is 3.93. The van der Waals surface area contributed by atoms with Gasteiger partial charge < -0.3 is 0 Å². The molecule has 1 nitrogen and oxygen atoms in total. The first-order valence-electron chi connectivity index (χ1n) is 3.42. The Morgan fingerprint density at radius 3 is 2.50 bits per heavy atom. The zero-order valence-electron chi connectivity index (χ0n) is 5.48. The summed E-state index contributed by atoms with van der Waals surface area (Å²) in [5.41, 5.74) is 0. The molecule has 0 N–H and O–H groups in total. The Kier molecular flexibility index (Phi) is 3.20. The van der Waals surface area contributed by atoms with Crippen LogP contribution >= 0.6 is 0 Å². The van der Waals surface area contributed by atoms with Crippen LogP contribution in [0, 0.1) is 0 Å². The van der Waals surface area contributed by atoms with Crippen molar-refractivity contribution in [1.29, 1.82) is 0 Å². The van der Waals surface area contributed by atoms with Crippen molar-refractivity contribution in [3.8, 4) is 0 Å². The monoisotopic (exact) mass is 219 g/mol. The summed E-state index contributed by atoms with van der Waals surface area (Å²) in [6.45, 7) is 5.18. The Morgan fingerprint density at radius 1 is 1.38 bits per heavy atom. The van der Waals surface area contributed by atoms with Crippen molar-refractivity contribution in [2.45, 2.75) is 24.2 Å². The number of hydrogen-bond donors (Lipinski definition) is 0. The van der Waals surface area contributed by atoms with Gasteiger partial charge in [-0.1, -0.05) is 0 Å². The van der Waals surface area contributed by atoms with Crippen molar-refractivity contribution >= 4 is 21.4 Å². The Bertz CT molecular complexity index is 59.5. The molecule has 1 aliphatic heterocycles. The molecule has 0 saturated carbocycles. The Morgan fingerprint density at radius 2 is 2.00 bits per heavy atom. The predicted molar refractivity (Wildman–Crippen MR) is 37.0 cm³/mol. The molecular formula is C6H13NSn. The Labute approximate surface area is 62.0 Å². The summed E-state index contributed by atoms with van der Waals surface area (Å²) in [7, 11) is 0. The maximum atomic E-state index is 2.71. The molecule has 0 unspecified atom stereocenters. The van der Waals surface area contributed by atoms with Gasteiger partial charge in [0.15, 0.2) is 0 Å². The SMILES string of the molecule is C[CH2][Sn][N]1CCCC1. The van der Waals surface area contributed by atoms with Crippen LogP contribution in [-0.2, 0) is 0 Å². The van der Waals surface area contributed by atoms with Gasteiger partial charge in [0.05, 0.1) is 0 Å². The number of hydrogen-bond acceptors (Lipinski definition) is 1. The summed E-state index contributed by atoms with van der Waals surface area (Å²) in [4.78, 5) is 0. The van der Waals surface area contributed by atoms with E-state index in [1.54, 1.807) is 0 Å². The molecule has 2 heteroatoms. The van der Waals surface area contributed by atoms with Gasteiger partial charge in [-0.3, -0.25) is 0 Å². The van der Waals surface area contributed by atoms with E-state index in [4.69, 9.17) is 0 Å². The van der Waals surface area contributed by atoms with Gasteiger partial charge in [-0.25, -0.2) is 0 Å². The molecule has 0 atom stereocenters. The molecule has 0 aromatic rings. The van der Waals surface area contributed by atoms with E-state index in [0.29, 0.717) is 0 Å². The first kappa shape index (κ1) is 6.87. The van der Waals surface area contributed by atoms with Gasteiger partial charge in [-0.05, 0) is 0 Å². The summed E-state index contributed by atoms with van der Waals surface area (Å²) in [5, 5.41) is 0. The van der Waals surface area contributed by atoms with Gasteiger partial charge in [-0.2, -0.15) is 0 Å². The van der Waals surface area contributed by atoms with Crippen LogP contribution in [0.25, 0.3) is 0 Å². The van der Waals surface area contributed by atoms with Crippen LogP contribution in [0.3, 0.4) is 0 Å². The van der Waals surface area contributed by atoms with Crippen LogP contribution in [0.5, 0.6) is 0 Å². The fraction of sp³-hybridized carbons (Fsp3) is 1.00. The summed E-state index contributed by atoms with van der Waals surface area (Å²) in [6.07, 6.45) is 2.95. The maximum absolute atomic E-state index is 2.71. The molecule has 46 valence electrons. The van der Waals surface area contributed by atoms with Crippen molar-refractivity contribution in [1.82, 2.24) is 3.12 Å². The van der Waals surface area contributed by atoms with Crippen LogP contribution in [0.4, 0.5) is 0 Å². The predicted octanol–water partition coefficient (Wildman–Crippen LogP) is 1.14. The third-order valence-electron chi connectivity index (χ3n) is 1.49. The molecule has 0 aliphatic carbocycles. The molecule has 1 aliphatic rings. The van der Waals surface area contributed by atoms with Gasteiger partial charge in [0, 0.05) is 0 Å². The molecule has 0 spiro atoms. The summed E-state index contributed by atoms with van der Waals surface area (Å²) in [5.74, 6) is 0. The molecule has 1 saturated heterocycles. The van der Waals surface area contributed by atoms with E-state index in [-0.39, 0.29) is 21.4 Å². The van der Waals surface area contributed by atoms with E-state index in [0.717, 1.165) is 0 Å². The molecule has 2 radical (unpaired) electrons. The van der Waals surface area contributed by atoms with Crippen molar-refractivity contribution in [2.75, 3.05) is 13.1 Å². The topological polar surface area (TPSA) is 3.24 Å². The van der Waals surface area contributed by atoms with Gasteiger partial charge in [0.1, 0.15) is 0 Å². The van der Waals surface area contributed by atoms with E-state index in [9.17, 15) is 0 Å². The van der Waals surface area contributed by atoms with Crippen LogP contribution in [0.2, 0.25) is 4.44 Å². The fourth-order valence-corrected chi connectivity index (χ4v) is 4.18. The fourth-order valence-electron chi connectivity index (χ4n) is 1.10. The molecule has 0 aromatic carbocycles. The van der Waals surface area contributed by atoms with Crippen LogP contribution in [0.15, 0.2) is 0 Å². The molecule has 1 rings (SSSR count). The van der Waals surface area contributed by atoms with Crippen LogP contribution in [0.1, 0.15) is 19.8 Å². The van der Waals surface area contributed by atoms with Crippen LogP contribution < -0.4 is 0 Å². The van der Waals surface area contributed by atoms with Crippen molar-refractivity contribution in [2.24, 2.45) is 0 Å². The van der Waals surface area contributed by atoms with Gasteiger partial charge in [-0.15, -0.1) is 0 Å². The summed E-state index contributed by atoms with van der Waals surface area (Å²) < 4.78 is 4.20. The minimum atomic E-state index is -0.0122. The molecule has 8 heavy (non-hydrogen) atoms. The third-order valence-corrected chi connectivity index (χ3v) is 4.94. The minimum absolute atomic E-state index is 0.0122. The Hall–Kier alpha value is 0.759. The molecule has 1 heterocycles. The molecule has 1 fully saturated rings. The summed E-state index contributed by atoms with van der Waals surface area (Å²) in [6, 6.07) is 0. The van der Waals surface area contributed by atoms with Crippen LogP contribution in [-0.4, -0.2) is 37.6 Å². The zero-order valence-corrected chi connectivity index (χ0v) is 8.34. The molecule has 0 amide bonds. The Balaban J connectivity index is 2.06. The van der Waals surface area contributed by atoms with E-state index >= 15 is 0 Å². The molecule has 0 aromatic heterocycles. The average Bonchev–Trinajstić information content (AvgIpc) is 2.19. The third kappa shape index (κ3) is 1.94. The van der Waals surface area contributed by atoms with Gasteiger partial charge >= 0.3 is 61.8 Å².